The third-order valence-electron chi connectivity index (χ3n) is 6.69. The Bertz CT molecular complexity index is 849. The average molecular weight is 375 g/mol. The predicted octanol–water partition coefficient (Wildman–Crippen LogP) is 3.20. The van der Waals surface area contributed by atoms with Crippen molar-refractivity contribution < 1.29 is 13.6 Å². The second-order valence-electron chi connectivity index (χ2n) is 8.12. The summed E-state index contributed by atoms with van der Waals surface area (Å²) in [7, 11) is 0. The van der Waals surface area contributed by atoms with Crippen LogP contribution in [0.4, 0.5) is 8.78 Å². The Kier molecular flexibility index (Phi) is 4.09. The van der Waals surface area contributed by atoms with Gasteiger partial charge < -0.3 is 4.90 Å². The minimum absolute atomic E-state index is 0.0785. The highest BCUT2D eigenvalue weighted by Crippen LogP contribution is 2.56. The van der Waals surface area contributed by atoms with Crippen LogP contribution in [0.3, 0.4) is 0 Å². The molecule has 1 saturated heterocycles. The highest BCUT2D eigenvalue weighted by molar-refractivity contribution is 5.82. The van der Waals surface area contributed by atoms with Crippen molar-refractivity contribution >= 4 is 11.7 Å². The van der Waals surface area contributed by atoms with Gasteiger partial charge in [0.1, 0.15) is 12.0 Å². The van der Waals surface area contributed by atoms with Crippen molar-refractivity contribution in [3.63, 3.8) is 0 Å². The lowest BCUT2D eigenvalue weighted by molar-refractivity contribution is -0.134. The number of fused-ring (bicyclic) bond motifs is 2. The normalized spacial score (nSPS) is 28.6. The maximum atomic E-state index is 13.4. The molecule has 3 atom stereocenters. The second-order valence-corrected chi connectivity index (χ2v) is 8.12. The summed E-state index contributed by atoms with van der Waals surface area (Å²) in [5.74, 6) is 2.10. The minimum Gasteiger partial charge on any atom is -0.342 e. The standard InChI is InChI=1S/C19H23F2N5O/c20-17(21)15-9-14(24-19-22-10-23-26(15)19)11-5-7-25(8-6-11)18(27)16-12-3-1-2-4-13(12)16/h9-13,16-17H,1-8H2/t12-,13+,16?. The molecule has 2 aromatic rings. The maximum absolute atomic E-state index is 13.4. The van der Waals surface area contributed by atoms with E-state index in [0.29, 0.717) is 36.5 Å². The van der Waals surface area contributed by atoms with Gasteiger partial charge in [0.25, 0.3) is 12.2 Å². The smallest absolute Gasteiger partial charge is 0.280 e. The first-order valence-electron chi connectivity index (χ1n) is 9.91. The fourth-order valence-corrected chi connectivity index (χ4v) is 5.18. The summed E-state index contributed by atoms with van der Waals surface area (Å²) in [5, 5.41) is 3.83. The summed E-state index contributed by atoms with van der Waals surface area (Å²) >= 11 is 0. The van der Waals surface area contributed by atoms with E-state index in [-0.39, 0.29) is 23.3 Å². The van der Waals surface area contributed by atoms with Gasteiger partial charge in [0.2, 0.25) is 5.91 Å². The van der Waals surface area contributed by atoms with E-state index in [4.69, 9.17) is 0 Å². The van der Waals surface area contributed by atoms with Gasteiger partial charge in [-0.3, -0.25) is 4.79 Å². The minimum atomic E-state index is -2.63. The number of alkyl halides is 2. The molecule has 5 rings (SSSR count). The van der Waals surface area contributed by atoms with Crippen LogP contribution in [0.15, 0.2) is 12.4 Å². The van der Waals surface area contributed by atoms with E-state index < -0.39 is 6.43 Å². The predicted molar refractivity (Wildman–Crippen MR) is 93.2 cm³/mol. The third kappa shape index (κ3) is 2.89. The fraction of sp³-hybridized carbons (Fsp3) is 0.684. The van der Waals surface area contributed by atoms with E-state index in [9.17, 15) is 13.6 Å². The largest absolute Gasteiger partial charge is 0.342 e. The number of piperidine rings is 1. The summed E-state index contributed by atoms with van der Waals surface area (Å²) in [5.41, 5.74) is 0.464. The third-order valence-corrected chi connectivity index (χ3v) is 6.69. The van der Waals surface area contributed by atoms with Crippen LogP contribution in [-0.4, -0.2) is 43.5 Å². The molecule has 3 heterocycles. The maximum Gasteiger partial charge on any atom is 0.280 e. The Labute approximate surface area is 156 Å². The van der Waals surface area contributed by atoms with Gasteiger partial charge in [0, 0.05) is 30.6 Å². The molecule has 0 aromatic carbocycles. The van der Waals surface area contributed by atoms with Crippen molar-refractivity contribution in [3.8, 4) is 0 Å². The van der Waals surface area contributed by atoms with E-state index >= 15 is 0 Å². The van der Waals surface area contributed by atoms with Gasteiger partial charge in [0.05, 0.1) is 0 Å². The van der Waals surface area contributed by atoms with Gasteiger partial charge in [-0.2, -0.15) is 14.6 Å². The Morgan fingerprint density at radius 2 is 1.81 bits per heavy atom. The van der Waals surface area contributed by atoms with E-state index in [1.54, 1.807) is 0 Å². The highest BCUT2D eigenvalue weighted by Gasteiger charge is 2.55. The van der Waals surface area contributed by atoms with Crippen LogP contribution in [0.2, 0.25) is 0 Å². The number of nitrogens with zero attached hydrogens (tertiary/aromatic N) is 5. The average Bonchev–Trinajstić information content (AvgIpc) is 3.23. The molecular weight excluding hydrogens is 352 g/mol. The van der Waals surface area contributed by atoms with Crippen molar-refractivity contribution in [2.24, 2.45) is 17.8 Å². The van der Waals surface area contributed by atoms with Crippen molar-refractivity contribution in [1.82, 2.24) is 24.5 Å². The first-order chi connectivity index (χ1) is 13.1. The Hall–Kier alpha value is -2.12. The zero-order valence-corrected chi connectivity index (χ0v) is 15.1. The van der Waals surface area contributed by atoms with Crippen LogP contribution in [0.5, 0.6) is 0 Å². The molecule has 2 aliphatic carbocycles. The topological polar surface area (TPSA) is 63.4 Å². The van der Waals surface area contributed by atoms with Crippen molar-refractivity contribution in [2.75, 3.05) is 13.1 Å². The van der Waals surface area contributed by atoms with Gasteiger partial charge >= 0.3 is 0 Å². The van der Waals surface area contributed by atoms with Crippen LogP contribution < -0.4 is 0 Å². The zero-order chi connectivity index (χ0) is 18.5. The number of aromatic nitrogens is 4. The zero-order valence-electron chi connectivity index (χ0n) is 15.1. The number of halogens is 2. The van der Waals surface area contributed by atoms with Crippen LogP contribution >= 0.6 is 0 Å². The number of rotatable bonds is 3. The molecule has 0 radical (unpaired) electrons. The van der Waals surface area contributed by atoms with Gasteiger partial charge in [-0.25, -0.2) is 13.8 Å². The molecule has 0 N–H and O–H groups in total. The number of hydrogen-bond acceptors (Lipinski definition) is 4. The number of carbonyl (C=O) groups is 1. The van der Waals surface area contributed by atoms with Gasteiger partial charge in [-0.1, -0.05) is 12.8 Å². The summed E-state index contributed by atoms with van der Waals surface area (Å²) in [6.07, 6.45) is 5.06. The summed E-state index contributed by atoms with van der Waals surface area (Å²) in [6.45, 7) is 1.37. The van der Waals surface area contributed by atoms with Crippen molar-refractivity contribution in [1.29, 1.82) is 0 Å². The molecule has 3 fully saturated rings. The summed E-state index contributed by atoms with van der Waals surface area (Å²) in [4.78, 5) is 23.2. The fourth-order valence-electron chi connectivity index (χ4n) is 5.18. The van der Waals surface area contributed by atoms with Crippen molar-refractivity contribution in [3.05, 3.63) is 23.8 Å². The van der Waals surface area contributed by atoms with E-state index in [0.717, 1.165) is 17.4 Å². The second kappa shape index (κ2) is 6.49. The quantitative estimate of drug-likeness (QED) is 0.826. The first kappa shape index (κ1) is 17.0. The number of amides is 1. The molecular formula is C19H23F2N5O. The molecule has 1 amide bonds. The van der Waals surface area contributed by atoms with E-state index in [1.165, 1.54) is 38.1 Å². The Morgan fingerprint density at radius 3 is 2.48 bits per heavy atom. The molecule has 0 spiro atoms. The lowest BCUT2D eigenvalue weighted by Crippen LogP contribution is -2.39. The van der Waals surface area contributed by atoms with Gasteiger partial charge in [0.15, 0.2) is 0 Å². The van der Waals surface area contributed by atoms with Crippen LogP contribution in [0.25, 0.3) is 5.78 Å². The first-order valence-corrected chi connectivity index (χ1v) is 9.91. The number of hydrogen-bond donors (Lipinski definition) is 0. The molecule has 6 nitrogen and oxygen atoms in total. The summed E-state index contributed by atoms with van der Waals surface area (Å²) < 4.78 is 27.8. The number of likely N-dealkylation sites (tertiary alicyclic amines) is 1. The molecule has 1 aliphatic heterocycles. The van der Waals surface area contributed by atoms with E-state index in [1.807, 2.05) is 4.90 Å². The number of carbonyl (C=O) groups excluding carboxylic acids is 1. The lowest BCUT2D eigenvalue weighted by atomic mass is 9.92. The molecule has 3 aliphatic rings. The Morgan fingerprint density at radius 1 is 1.11 bits per heavy atom. The Balaban J connectivity index is 1.28. The van der Waals surface area contributed by atoms with Crippen molar-refractivity contribution in [2.45, 2.75) is 50.9 Å². The van der Waals surface area contributed by atoms with Crippen LogP contribution in [0, 0.1) is 17.8 Å². The molecule has 0 bridgehead atoms. The molecule has 2 aromatic heterocycles. The molecule has 8 heteroatoms. The molecule has 144 valence electrons. The highest BCUT2D eigenvalue weighted by atomic mass is 19.3. The van der Waals surface area contributed by atoms with Crippen LogP contribution in [-0.2, 0) is 4.79 Å². The van der Waals surface area contributed by atoms with E-state index in [2.05, 4.69) is 15.1 Å². The summed E-state index contributed by atoms with van der Waals surface area (Å²) in [6, 6.07) is 1.45. The molecule has 1 unspecified atom stereocenters. The molecule has 2 saturated carbocycles. The van der Waals surface area contributed by atoms with Crippen LogP contribution in [0.1, 0.15) is 62.3 Å². The van der Waals surface area contributed by atoms with Gasteiger partial charge in [-0.15, -0.1) is 0 Å². The lowest BCUT2D eigenvalue weighted by Gasteiger charge is -2.32. The molecule has 27 heavy (non-hydrogen) atoms. The SMILES string of the molecule is O=C(C1[C@H]2CCCC[C@@H]12)N1CCC(c2cc(C(F)F)n3ncnc3n2)CC1. The monoisotopic (exact) mass is 375 g/mol. The van der Waals surface area contributed by atoms with Gasteiger partial charge in [-0.05, 0) is 43.6 Å².